The number of aromatic nitrogens is 1. The predicted molar refractivity (Wildman–Crippen MR) is 76.5 cm³/mol. The maximum Gasteiger partial charge on any atom is 0.0662 e. The van der Waals surface area contributed by atoms with Gasteiger partial charge in [0.1, 0.15) is 0 Å². The summed E-state index contributed by atoms with van der Waals surface area (Å²) in [5, 5.41) is 0. The van der Waals surface area contributed by atoms with Gasteiger partial charge in [-0.15, -0.1) is 0 Å². The van der Waals surface area contributed by atoms with Gasteiger partial charge in [-0.3, -0.25) is 4.98 Å². The highest BCUT2D eigenvalue weighted by Crippen LogP contribution is 2.30. The lowest BCUT2D eigenvalue weighted by Crippen LogP contribution is -1.94. The molecule has 0 saturated carbocycles. The number of allylic oxidation sites excluding steroid dienone is 1. The molecule has 0 unspecified atom stereocenters. The fourth-order valence-corrected chi connectivity index (χ4v) is 2.54. The van der Waals surface area contributed by atoms with Crippen molar-refractivity contribution in [3.63, 3.8) is 0 Å². The summed E-state index contributed by atoms with van der Waals surface area (Å²) < 4.78 is 0. The van der Waals surface area contributed by atoms with Gasteiger partial charge in [0.2, 0.25) is 0 Å². The molecular formula is C17H17N. The van der Waals surface area contributed by atoms with E-state index in [0.717, 1.165) is 12.1 Å². The normalized spacial score (nSPS) is 13.1. The molecule has 0 N–H and O–H groups in total. The average Bonchev–Trinajstić information content (AvgIpc) is 2.85. The van der Waals surface area contributed by atoms with Gasteiger partial charge in [0, 0.05) is 11.8 Å². The van der Waals surface area contributed by atoms with Crippen molar-refractivity contribution in [2.75, 3.05) is 0 Å². The van der Waals surface area contributed by atoms with Gasteiger partial charge in [-0.2, -0.15) is 0 Å². The molecule has 0 spiro atoms. The molecular weight excluding hydrogens is 218 g/mol. The quantitative estimate of drug-likeness (QED) is 0.749. The number of hydrogen-bond donors (Lipinski definition) is 0. The van der Waals surface area contributed by atoms with Gasteiger partial charge in [0.25, 0.3) is 0 Å². The van der Waals surface area contributed by atoms with Gasteiger partial charge >= 0.3 is 0 Å². The summed E-state index contributed by atoms with van der Waals surface area (Å²) in [5.41, 5.74) is 6.41. The fraction of sp³-hybridized carbons (Fsp3) is 0.235. The van der Waals surface area contributed by atoms with Crippen molar-refractivity contribution in [1.29, 1.82) is 0 Å². The summed E-state index contributed by atoms with van der Waals surface area (Å²) in [7, 11) is 0. The molecule has 1 aliphatic carbocycles. The SMILES string of the molecule is CC(C)c1ccccc1-c1cnc2c(c1)CC=C2. The van der Waals surface area contributed by atoms with Gasteiger partial charge in [0.05, 0.1) is 5.69 Å². The van der Waals surface area contributed by atoms with Crippen molar-refractivity contribution in [3.8, 4) is 11.1 Å². The van der Waals surface area contributed by atoms with Gasteiger partial charge in [-0.05, 0) is 41.2 Å². The standard InChI is InChI=1S/C17H17N/c1-12(2)15-7-3-4-8-16(15)14-10-13-6-5-9-17(13)18-11-14/h3-5,7-12H,6H2,1-2H3. The molecule has 0 fully saturated rings. The van der Waals surface area contributed by atoms with Crippen LogP contribution >= 0.6 is 0 Å². The average molecular weight is 235 g/mol. The van der Waals surface area contributed by atoms with Crippen LogP contribution in [0, 0.1) is 0 Å². The zero-order valence-corrected chi connectivity index (χ0v) is 10.9. The van der Waals surface area contributed by atoms with E-state index in [-0.39, 0.29) is 0 Å². The molecule has 1 heteroatoms. The lowest BCUT2D eigenvalue weighted by atomic mass is 9.93. The second-order valence-electron chi connectivity index (χ2n) is 5.12. The first kappa shape index (κ1) is 11.2. The highest BCUT2D eigenvalue weighted by atomic mass is 14.7. The highest BCUT2D eigenvalue weighted by molar-refractivity contribution is 5.70. The molecule has 0 amide bonds. The number of pyridine rings is 1. The third-order valence-electron chi connectivity index (χ3n) is 3.51. The zero-order chi connectivity index (χ0) is 12.5. The van der Waals surface area contributed by atoms with Crippen molar-refractivity contribution < 1.29 is 0 Å². The fourth-order valence-electron chi connectivity index (χ4n) is 2.54. The second kappa shape index (κ2) is 4.41. The smallest absolute Gasteiger partial charge is 0.0662 e. The van der Waals surface area contributed by atoms with Crippen LogP contribution in [0.25, 0.3) is 17.2 Å². The topological polar surface area (TPSA) is 12.9 Å². The molecule has 0 radical (unpaired) electrons. The van der Waals surface area contributed by atoms with E-state index in [0.29, 0.717) is 5.92 Å². The highest BCUT2D eigenvalue weighted by Gasteiger charge is 2.11. The molecule has 1 aromatic carbocycles. The van der Waals surface area contributed by atoms with Gasteiger partial charge in [-0.25, -0.2) is 0 Å². The maximum absolute atomic E-state index is 4.55. The van der Waals surface area contributed by atoms with Crippen molar-refractivity contribution in [3.05, 3.63) is 59.4 Å². The first-order valence-corrected chi connectivity index (χ1v) is 6.50. The summed E-state index contributed by atoms with van der Waals surface area (Å²) in [4.78, 5) is 4.55. The Morgan fingerprint density at radius 1 is 1.17 bits per heavy atom. The molecule has 0 aliphatic heterocycles. The van der Waals surface area contributed by atoms with Crippen molar-refractivity contribution >= 4 is 6.08 Å². The molecule has 3 rings (SSSR count). The van der Waals surface area contributed by atoms with E-state index in [4.69, 9.17) is 0 Å². The van der Waals surface area contributed by atoms with Gasteiger partial charge in [0.15, 0.2) is 0 Å². The number of rotatable bonds is 2. The Hall–Kier alpha value is -1.89. The minimum Gasteiger partial charge on any atom is -0.256 e. The summed E-state index contributed by atoms with van der Waals surface area (Å²) in [6.45, 7) is 4.47. The third-order valence-corrected chi connectivity index (χ3v) is 3.51. The number of hydrogen-bond acceptors (Lipinski definition) is 1. The Balaban J connectivity index is 2.11. The van der Waals surface area contributed by atoms with E-state index in [1.165, 1.54) is 22.3 Å². The molecule has 0 bridgehead atoms. The van der Waals surface area contributed by atoms with Crippen molar-refractivity contribution in [1.82, 2.24) is 4.98 Å². The largest absolute Gasteiger partial charge is 0.256 e. The van der Waals surface area contributed by atoms with E-state index < -0.39 is 0 Å². The Bertz CT molecular complexity index is 609. The van der Waals surface area contributed by atoms with Crippen LogP contribution < -0.4 is 0 Å². The van der Waals surface area contributed by atoms with Crippen LogP contribution in [-0.4, -0.2) is 4.98 Å². The Morgan fingerprint density at radius 2 is 2.00 bits per heavy atom. The minimum atomic E-state index is 0.535. The maximum atomic E-state index is 4.55. The van der Waals surface area contributed by atoms with E-state index in [9.17, 15) is 0 Å². The van der Waals surface area contributed by atoms with E-state index >= 15 is 0 Å². The molecule has 90 valence electrons. The van der Waals surface area contributed by atoms with Crippen LogP contribution in [0.1, 0.15) is 36.6 Å². The zero-order valence-electron chi connectivity index (χ0n) is 10.9. The molecule has 0 atom stereocenters. The van der Waals surface area contributed by atoms with Crippen LogP contribution in [-0.2, 0) is 6.42 Å². The Labute approximate surface area is 108 Å². The lowest BCUT2D eigenvalue weighted by molar-refractivity contribution is 0.869. The Kier molecular flexibility index (Phi) is 2.75. The molecule has 0 saturated heterocycles. The first-order valence-electron chi connectivity index (χ1n) is 6.50. The van der Waals surface area contributed by atoms with E-state index in [1.54, 1.807) is 0 Å². The van der Waals surface area contributed by atoms with Crippen molar-refractivity contribution in [2.45, 2.75) is 26.2 Å². The summed E-state index contributed by atoms with van der Waals surface area (Å²) in [6, 6.07) is 10.9. The van der Waals surface area contributed by atoms with Gasteiger partial charge < -0.3 is 0 Å². The minimum absolute atomic E-state index is 0.535. The molecule has 2 aromatic rings. The van der Waals surface area contributed by atoms with Crippen molar-refractivity contribution in [2.24, 2.45) is 0 Å². The second-order valence-corrected chi connectivity index (χ2v) is 5.12. The van der Waals surface area contributed by atoms with Crippen LogP contribution in [0.3, 0.4) is 0 Å². The van der Waals surface area contributed by atoms with Crippen LogP contribution in [0.2, 0.25) is 0 Å². The van der Waals surface area contributed by atoms with E-state index in [1.807, 2.05) is 6.20 Å². The Morgan fingerprint density at radius 3 is 2.83 bits per heavy atom. The van der Waals surface area contributed by atoms with Gasteiger partial charge in [-0.1, -0.05) is 44.2 Å². The van der Waals surface area contributed by atoms with Crippen LogP contribution in [0.15, 0.2) is 42.6 Å². The first-order chi connectivity index (χ1) is 8.75. The van der Waals surface area contributed by atoms with Crippen LogP contribution in [0.5, 0.6) is 0 Å². The van der Waals surface area contributed by atoms with Crippen LogP contribution in [0.4, 0.5) is 0 Å². The third kappa shape index (κ3) is 1.86. The molecule has 1 nitrogen and oxygen atoms in total. The summed E-state index contributed by atoms with van der Waals surface area (Å²) >= 11 is 0. The number of fused-ring (bicyclic) bond motifs is 1. The summed E-state index contributed by atoms with van der Waals surface area (Å²) in [5.74, 6) is 0.535. The van der Waals surface area contributed by atoms with E-state index in [2.05, 4.69) is 61.3 Å². The summed E-state index contributed by atoms with van der Waals surface area (Å²) in [6.07, 6.45) is 7.29. The molecule has 18 heavy (non-hydrogen) atoms. The molecule has 1 heterocycles. The predicted octanol–water partition coefficient (Wildman–Crippen LogP) is 4.44. The number of benzene rings is 1. The lowest BCUT2D eigenvalue weighted by Gasteiger charge is -2.13. The molecule has 1 aromatic heterocycles. The number of nitrogens with zero attached hydrogens (tertiary/aromatic N) is 1. The monoisotopic (exact) mass is 235 g/mol. The molecule has 1 aliphatic rings.